The Morgan fingerprint density at radius 3 is 2.24 bits per heavy atom. The third-order valence-electron chi connectivity index (χ3n) is 5.11. The lowest BCUT2D eigenvalue weighted by atomic mass is 9.85. The van der Waals surface area contributed by atoms with Gasteiger partial charge in [-0.25, -0.2) is 0 Å². The second kappa shape index (κ2) is 7.59. The summed E-state index contributed by atoms with van der Waals surface area (Å²) in [6.45, 7) is 10.6. The first-order valence-corrected chi connectivity index (χ1v) is 8.45. The molecule has 1 fully saturated rings. The molecule has 0 aromatic heterocycles. The molecule has 124 valence electrons. The van der Waals surface area contributed by atoms with Crippen LogP contribution in [-0.4, -0.2) is 41.5 Å². The van der Waals surface area contributed by atoms with E-state index < -0.39 is 5.54 Å². The zero-order valence-corrected chi connectivity index (χ0v) is 14.8. The maximum atomic E-state index is 11.9. The van der Waals surface area contributed by atoms with E-state index in [0.717, 1.165) is 12.3 Å². The van der Waals surface area contributed by atoms with Crippen molar-refractivity contribution in [1.82, 2.24) is 10.2 Å². The van der Waals surface area contributed by atoms with Gasteiger partial charge in [-0.1, -0.05) is 6.92 Å². The van der Waals surface area contributed by atoms with Crippen LogP contribution >= 0.6 is 0 Å². The van der Waals surface area contributed by atoms with Gasteiger partial charge >= 0.3 is 0 Å². The van der Waals surface area contributed by atoms with Gasteiger partial charge in [0.15, 0.2) is 0 Å². The Balaban J connectivity index is 2.64. The fourth-order valence-electron chi connectivity index (χ4n) is 3.61. The molecule has 21 heavy (non-hydrogen) atoms. The molecule has 4 nitrogen and oxygen atoms in total. The quantitative estimate of drug-likeness (QED) is 0.759. The molecular formula is C17H35N3O. The van der Waals surface area contributed by atoms with Gasteiger partial charge in [0, 0.05) is 18.1 Å². The number of primary amides is 1. The van der Waals surface area contributed by atoms with Crippen molar-refractivity contribution in [3.63, 3.8) is 0 Å². The Labute approximate surface area is 130 Å². The first-order chi connectivity index (χ1) is 9.65. The van der Waals surface area contributed by atoms with Crippen LogP contribution in [0, 0.1) is 5.92 Å². The third-order valence-corrected chi connectivity index (χ3v) is 5.11. The van der Waals surface area contributed by atoms with Crippen LogP contribution in [0.3, 0.4) is 0 Å². The van der Waals surface area contributed by atoms with Crippen LogP contribution < -0.4 is 11.1 Å². The number of nitrogens with zero attached hydrogens (tertiary/aromatic N) is 1. The van der Waals surface area contributed by atoms with Gasteiger partial charge in [-0.05, 0) is 72.8 Å². The van der Waals surface area contributed by atoms with E-state index in [-0.39, 0.29) is 11.9 Å². The average molecular weight is 297 g/mol. The van der Waals surface area contributed by atoms with Crippen LogP contribution in [0.1, 0.15) is 66.7 Å². The number of rotatable bonds is 7. The van der Waals surface area contributed by atoms with Gasteiger partial charge in [-0.15, -0.1) is 0 Å². The number of carbonyl (C=O) groups is 1. The fraction of sp³-hybridized carbons (Fsp3) is 0.941. The van der Waals surface area contributed by atoms with Crippen molar-refractivity contribution in [1.29, 1.82) is 0 Å². The molecule has 0 radical (unpaired) electrons. The van der Waals surface area contributed by atoms with E-state index in [1.807, 2.05) is 6.92 Å². The molecular weight excluding hydrogens is 262 g/mol. The average Bonchev–Trinajstić information content (AvgIpc) is 2.37. The van der Waals surface area contributed by atoms with E-state index >= 15 is 0 Å². The van der Waals surface area contributed by atoms with E-state index in [4.69, 9.17) is 5.73 Å². The molecule has 2 atom stereocenters. The summed E-state index contributed by atoms with van der Waals surface area (Å²) in [6.07, 6.45) is 5.93. The minimum Gasteiger partial charge on any atom is -0.368 e. The largest absolute Gasteiger partial charge is 0.368 e. The van der Waals surface area contributed by atoms with Crippen molar-refractivity contribution < 1.29 is 4.79 Å². The Morgan fingerprint density at radius 2 is 1.81 bits per heavy atom. The van der Waals surface area contributed by atoms with Crippen molar-refractivity contribution in [2.75, 3.05) is 7.05 Å². The van der Waals surface area contributed by atoms with Gasteiger partial charge in [0.1, 0.15) is 0 Å². The van der Waals surface area contributed by atoms with Crippen molar-refractivity contribution in [3.05, 3.63) is 0 Å². The Bertz CT molecular complexity index is 337. The monoisotopic (exact) mass is 297 g/mol. The maximum Gasteiger partial charge on any atom is 0.237 e. The van der Waals surface area contributed by atoms with Crippen LogP contribution in [0.15, 0.2) is 0 Å². The van der Waals surface area contributed by atoms with Crippen molar-refractivity contribution in [2.45, 2.75) is 90.4 Å². The summed E-state index contributed by atoms with van der Waals surface area (Å²) in [5.41, 5.74) is 5.01. The van der Waals surface area contributed by atoms with Gasteiger partial charge in [-0.2, -0.15) is 0 Å². The minimum absolute atomic E-state index is 0.246. The molecule has 0 aromatic rings. The molecule has 3 N–H and O–H groups in total. The van der Waals surface area contributed by atoms with Gasteiger partial charge in [-0.3, -0.25) is 4.79 Å². The summed E-state index contributed by atoms with van der Waals surface area (Å²) in [5, 5.41) is 3.35. The first kappa shape index (κ1) is 18.4. The summed E-state index contributed by atoms with van der Waals surface area (Å²) < 4.78 is 0. The molecule has 0 aliphatic heterocycles. The Kier molecular flexibility index (Phi) is 6.67. The minimum atomic E-state index is -0.635. The predicted molar refractivity (Wildman–Crippen MR) is 89.1 cm³/mol. The lowest BCUT2D eigenvalue weighted by molar-refractivity contribution is -0.125. The third kappa shape index (κ3) is 5.26. The number of hydrogen-bond donors (Lipinski definition) is 2. The molecule has 1 rings (SSSR count). The summed E-state index contributed by atoms with van der Waals surface area (Å²) in [5.74, 6) is 0.608. The molecule has 0 bridgehead atoms. The molecule has 0 heterocycles. The maximum absolute atomic E-state index is 11.9. The molecule has 1 saturated carbocycles. The summed E-state index contributed by atoms with van der Waals surface area (Å²) >= 11 is 0. The summed E-state index contributed by atoms with van der Waals surface area (Å²) in [6, 6.07) is 1.23. The molecule has 0 aromatic carbocycles. The van der Waals surface area contributed by atoms with E-state index in [0.29, 0.717) is 12.1 Å². The zero-order chi connectivity index (χ0) is 16.2. The van der Waals surface area contributed by atoms with E-state index in [1.54, 1.807) is 0 Å². The molecule has 1 amide bonds. The van der Waals surface area contributed by atoms with Gasteiger partial charge in [0.2, 0.25) is 5.91 Å². The smallest absolute Gasteiger partial charge is 0.237 e. The van der Waals surface area contributed by atoms with Crippen LogP contribution in [0.4, 0.5) is 0 Å². The molecule has 4 heteroatoms. The van der Waals surface area contributed by atoms with E-state index in [1.165, 1.54) is 25.7 Å². The number of nitrogens with one attached hydrogen (secondary N) is 1. The topological polar surface area (TPSA) is 58.4 Å². The van der Waals surface area contributed by atoms with Gasteiger partial charge < -0.3 is 16.0 Å². The van der Waals surface area contributed by atoms with Crippen LogP contribution in [0.25, 0.3) is 0 Å². The lowest BCUT2D eigenvalue weighted by Crippen LogP contribution is -2.58. The standard InChI is InChI=1S/C17H35N3O/c1-12(2)19-17(5,16(18)21)11-14(4)20(6)15-9-7-13(3)8-10-15/h12-15,19H,7-11H2,1-6H3,(H2,18,21). The molecule has 1 aliphatic rings. The van der Waals surface area contributed by atoms with Crippen LogP contribution in [-0.2, 0) is 4.79 Å². The van der Waals surface area contributed by atoms with Crippen LogP contribution in [0.2, 0.25) is 0 Å². The molecule has 1 aliphatic carbocycles. The lowest BCUT2D eigenvalue weighted by Gasteiger charge is -2.40. The highest BCUT2D eigenvalue weighted by Gasteiger charge is 2.35. The normalized spacial score (nSPS) is 27.6. The molecule has 2 unspecified atom stereocenters. The van der Waals surface area contributed by atoms with Crippen molar-refractivity contribution in [3.8, 4) is 0 Å². The molecule has 0 spiro atoms. The second-order valence-electron chi connectivity index (χ2n) is 7.63. The van der Waals surface area contributed by atoms with E-state index in [9.17, 15) is 4.79 Å². The number of hydrogen-bond acceptors (Lipinski definition) is 3. The Hall–Kier alpha value is -0.610. The number of nitrogens with two attached hydrogens (primary N) is 1. The Morgan fingerprint density at radius 1 is 1.29 bits per heavy atom. The highest BCUT2D eigenvalue weighted by atomic mass is 16.1. The van der Waals surface area contributed by atoms with E-state index in [2.05, 4.69) is 45.0 Å². The number of carbonyl (C=O) groups excluding carboxylic acids is 1. The number of amides is 1. The zero-order valence-electron chi connectivity index (χ0n) is 14.8. The van der Waals surface area contributed by atoms with Crippen LogP contribution in [0.5, 0.6) is 0 Å². The van der Waals surface area contributed by atoms with Crippen molar-refractivity contribution in [2.24, 2.45) is 11.7 Å². The second-order valence-corrected chi connectivity index (χ2v) is 7.63. The predicted octanol–water partition coefficient (Wildman–Crippen LogP) is 2.52. The first-order valence-electron chi connectivity index (χ1n) is 8.45. The van der Waals surface area contributed by atoms with Gasteiger partial charge in [0.05, 0.1) is 5.54 Å². The summed E-state index contributed by atoms with van der Waals surface area (Å²) in [7, 11) is 2.20. The van der Waals surface area contributed by atoms with Crippen molar-refractivity contribution >= 4 is 5.91 Å². The highest BCUT2D eigenvalue weighted by Crippen LogP contribution is 2.29. The molecule has 0 saturated heterocycles. The summed E-state index contributed by atoms with van der Waals surface area (Å²) in [4.78, 5) is 14.3. The highest BCUT2D eigenvalue weighted by molar-refractivity contribution is 5.84. The fourth-order valence-corrected chi connectivity index (χ4v) is 3.61. The van der Waals surface area contributed by atoms with Gasteiger partial charge in [0.25, 0.3) is 0 Å². The SMILES string of the molecule is CC1CCC(N(C)C(C)CC(C)(NC(C)C)C(N)=O)CC1.